The Balaban J connectivity index is 1.85. The molecule has 1 aliphatic heterocycles. The summed E-state index contributed by atoms with van der Waals surface area (Å²) < 4.78 is 2.16. The Morgan fingerprint density at radius 1 is 1.09 bits per heavy atom. The minimum atomic E-state index is -0.297. The van der Waals surface area contributed by atoms with Gasteiger partial charge in [0, 0.05) is 23.6 Å². The zero-order chi connectivity index (χ0) is 15.7. The number of amides is 2. The van der Waals surface area contributed by atoms with Crippen LogP contribution in [-0.2, 0) is 16.6 Å². The van der Waals surface area contributed by atoms with Crippen LogP contribution >= 0.6 is 0 Å². The molecule has 5 rings (SSSR count). The Bertz CT molecular complexity index is 850. The average Bonchev–Trinajstić information content (AvgIpc) is 3.03. The summed E-state index contributed by atoms with van der Waals surface area (Å²) >= 11 is 0. The van der Waals surface area contributed by atoms with Crippen molar-refractivity contribution in [1.82, 2.24) is 9.88 Å². The fourth-order valence-electron chi connectivity index (χ4n) is 5.49. The first-order valence-electron chi connectivity index (χ1n) is 8.60. The maximum absolute atomic E-state index is 12.5. The third kappa shape index (κ3) is 1.56. The van der Waals surface area contributed by atoms with Gasteiger partial charge in [0.1, 0.15) is 0 Å². The molecule has 2 aliphatic carbocycles. The van der Waals surface area contributed by atoms with Crippen LogP contribution in [0.2, 0.25) is 0 Å². The molecular formula is C19H20N2O2. The summed E-state index contributed by atoms with van der Waals surface area (Å²) in [4.78, 5) is 25.0. The molecule has 2 fully saturated rings. The number of nitrogens with zero attached hydrogens (tertiary/aromatic N) is 1. The first-order chi connectivity index (χ1) is 11.2. The van der Waals surface area contributed by atoms with E-state index in [0.717, 1.165) is 18.5 Å². The van der Waals surface area contributed by atoms with Crippen LogP contribution in [0.25, 0.3) is 10.9 Å². The molecule has 118 valence electrons. The van der Waals surface area contributed by atoms with Crippen molar-refractivity contribution in [2.24, 2.45) is 18.9 Å². The topological polar surface area (TPSA) is 51.1 Å². The molecule has 3 aliphatic rings. The van der Waals surface area contributed by atoms with E-state index in [0.29, 0.717) is 11.8 Å². The van der Waals surface area contributed by atoms with Crippen LogP contribution in [0.5, 0.6) is 0 Å². The second-order valence-corrected chi connectivity index (χ2v) is 7.29. The summed E-state index contributed by atoms with van der Waals surface area (Å²) in [6.07, 6.45) is 4.59. The molecule has 0 unspecified atom stereocenters. The van der Waals surface area contributed by atoms with Gasteiger partial charge in [0.05, 0.1) is 11.8 Å². The van der Waals surface area contributed by atoms with Gasteiger partial charge in [-0.25, -0.2) is 0 Å². The second kappa shape index (κ2) is 4.47. The largest absolute Gasteiger partial charge is 0.347 e. The molecule has 4 nitrogen and oxygen atoms in total. The van der Waals surface area contributed by atoms with Crippen molar-refractivity contribution >= 4 is 22.7 Å². The highest BCUT2D eigenvalue weighted by atomic mass is 16.2. The number of hydrogen-bond acceptors (Lipinski definition) is 2. The molecule has 1 aromatic heterocycles. The van der Waals surface area contributed by atoms with Crippen LogP contribution < -0.4 is 5.32 Å². The van der Waals surface area contributed by atoms with Gasteiger partial charge in [0.25, 0.3) is 0 Å². The summed E-state index contributed by atoms with van der Waals surface area (Å²) in [6, 6.07) is 8.42. The van der Waals surface area contributed by atoms with E-state index < -0.39 is 0 Å². The minimum absolute atomic E-state index is 0.0483. The summed E-state index contributed by atoms with van der Waals surface area (Å²) in [6.45, 7) is 0. The van der Waals surface area contributed by atoms with E-state index in [2.05, 4.69) is 28.1 Å². The van der Waals surface area contributed by atoms with E-state index >= 15 is 0 Å². The summed E-state index contributed by atoms with van der Waals surface area (Å²) in [5, 5.41) is 3.88. The number of carbonyl (C=O) groups is 2. The van der Waals surface area contributed by atoms with Crippen molar-refractivity contribution in [2.45, 2.75) is 37.5 Å². The molecule has 1 N–H and O–H groups in total. The molecule has 0 spiro atoms. The number of rotatable bonds is 0. The van der Waals surface area contributed by atoms with Gasteiger partial charge in [-0.1, -0.05) is 31.0 Å². The molecule has 2 amide bonds. The minimum Gasteiger partial charge on any atom is -0.347 e. The molecule has 4 heteroatoms. The maximum Gasteiger partial charge on any atom is 0.236 e. The number of benzene rings is 1. The number of hydrogen-bond donors (Lipinski definition) is 1. The number of aryl methyl sites for hydroxylation is 1. The zero-order valence-corrected chi connectivity index (χ0v) is 13.2. The Morgan fingerprint density at radius 2 is 1.87 bits per heavy atom. The van der Waals surface area contributed by atoms with Crippen molar-refractivity contribution in [3.63, 3.8) is 0 Å². The van der Waals surface area contributed by atoms with Gasteiger partial charge in [-0.05, 0) is 36.3 Å². The Labute approximate surface area is 134 Å². The number of imide groups is 1. The smallest absolute Gasteiger partial charge is 0.236 e. The molecular weight excluding hydrogens is 288 g/mol. The highest BCUT2D eigenvalue weighted by Crippen LogP contribution is 2.56. The van der Waals surface area contributed by atoms with Gasteiger partial charge in [-0.2, -0.15) is 0 Å². The highest BCUT2D eigenvalue weighted by molar-refractivity contribution is 6.09. The lowest BCUT2D eigenvalue weighted by atomic mass is 9.61. The predicted molar refractivity (Wildman–Crippen MR) is 87.0 cm³/mol. The van der Waals surface area contributed by atoms with Crippen molar-refractivity contribution in [1.29, 1.82) is 0 Å². The fraction of sp³-hybridized carbons (Fsp3) is 0.474. The van der Waals surface area contributed by atoms with Gasteiger partial charge in [0.15, 0.2) is 0 Å². The number of para-hydroxylation sites is 1. The molecule has 1 saturated heterocycles. The van der Waals surface area contributed by atoms with Crippen LogP contribution in [0.4, 0.5) is 0 Å². The number of carbonyl (C=O) groups excluding carboxylic acids is 2. The van der Waals surface area contributed by atoms with Crippen molar-refractivity contribution in [3.05, 3.63) is 35.5 Å². The Hall–Kier alpha value is -2.10. The van der Waals surface area contributed by atoms with Gasteiger partial charge in [-0.3, -0.25) is 14.9 Å². The summed E-state index contributed by atoms with van der Waals surface area (Å²) in [5.41, 5.74) is 3.61. The monoisotopic (exact) mass is 308 g/mol. The third-order valence-corrected chi connectivity index (χ3v) is 6.33. The first-order valence-corrected chi connectivity index (χ1v) is 8.60. The second-order valence-electron chi connectivity index (χ2n) is 7.29. The van der Waals surface area contributed by atoms with Crippen LogP contribution in [0.15, 0.2) is 24.3 Å². The molecule has 2 aromatic rings. The van der Waals surface area contributed by atoms with E-state index in [1.165, 1.54) is 29.3 Å². The van der Waals surface area contributed by atoms with Gasteiger partial charge in [-0.15, -0.1) is 0 Å². The molecule has 1 aromatic carbocycles. The molecule has 23 heavy (non-hydrogen) atoms. The van der Waals surface area contributed by atoms with Crippen molar-refractivity contribution < 1.29 is 9.59 Å². The standard InChI is InChI=1S/C19H20N2O2/c1-21-13-9-5-4-8-12(13)14-10-6-2-3-7-11(10)15-16(17(14)21)19(23)20-18(15)22/h4-5,8-11,15-16H,2-3,6-7H2,1H3,(H,20,22,23)/t10-,11+,15+,16+/m0/s1. The predicted octanol–water partition coefficient (Wildman–Crippen LogP) is 2.82. The van der Waals surface area contributed by atoms with Crippen molar-refractivity contribution in [2.75, 3.05) is 0 Å². The lowest BCUT2D eigenvalue weighted by Gasteiger charge is -2.41. The van der Waals surface area contributed by atoms with Crippen molar-refractivity contribution in [3.8, 4) is 0 Å². The van der Waals surface area contributed by atoms with Crippen LogP contribution in [-0.4, -0.2) is 16.4 Å². The number of fused-ring (bicyclic) bond motifs is 8. The molecule has 4 atom stereocenters. The first kappa shape index (κ1) is 13.3. The van der Waals surface area contributed by atoms with Gasteiger partial charge < -0.3 is 4.57 Å². The fourth-order valence-corrected chi connectivity index (χ4v) is 5.49. The summed E-state index contributed by atoms with van der Waals surface area (Å²) in [7, 11) is 2.04. The molecule has 0 bridgehead atoms. The normalized spacial score (nSPS) is 32.4. The molecule has 2 heterocycles. The summed E-state index contributed by atoms with van der Waals surface area (Å²) in [5.74, 6) is 0.128. The SMILES string of the molecule is Cn1c2c(c3ccccc31)[C@H]1CCCC[C@H]1[C@H]1C(=O)NC(=O)[C@@H]21. The zero-order valence-electron chi connectivity index (χ0n) is 13.2. The Kier molecular flexibility index (Phi) is 2.59. The number of aromatic nitrogens is 1. The van der Waals surface area contributed by atoms with E-state index in [1.807, 2.05) is 13.1 Å². The van der Waals surface area contributed by atoms with Gasteiger partial charge in [0.2, 0.25) is 11.8 Å². The lowest BCUT2D eigenvalue weighted by molar-refractivity contribution is -0.126. The quantitative estimate of drug-likeness (QED) is 0.761. The number of nitrogens with one attached hydrogen (secondary N) is 1. The van der Waals surface area contributed by atoms with Crippen LogP contribution in [0, 0.1) is 11.8 Å². The highest BCUT2D eigenvalue weighted by Gasteiger charge is 2.55. The van der Waals surface area contributed by atoms with E-state index in [1.54, 1.807) is 0 Å². The lowest BCUT2D eigenvalue weighted by Crippen LogP contribution is -2.37. The van der Waals surface area contributed by atoms with Crippen LogP contribution in [0.1, 0.15) is 48.8 Å². The van der Waals surface area contributed by atoms with E-state index in [4.69, 9.17) is 0 Å². The Morgan fingerprint density at radius 3 is 2.74 bits per heavy atom. The molecule has 1 saturated carbocycles. The average molecular weight is 308 g/mol. The van der Waals surface area contributed by atoms with E-state index in [-0.39, 0.29) is 23.7 Å². The van der Waals surface area contributed by atoms with E-state index in [9.17, 15) is 9.59 Å². The molecule has 0 radical (unpaired) electrons. The maximum atomic E-state index is 12.5. The van der Waals surface area contributed by atoms with Crippen LogP contribution in [0.3, 0.4) is 0 Å². The third-order valence-electron chi connectivity index (χ3n) is 6.33. The van der Waals surface area contributed by atoms with Gasteiger partial charge >= 0.3 is 0 Å².